The smallest absolute Gasteiger partial charge is 0.0647 e. The van der Waals surface area contributed by atoms with E-state index in [2.05, 4.69) is 167 Å². The molecule has 2 nitrogen and oxygen atoms in total. The molecule has 0 amide bonds. The molecule has 2 aromatic heterocycles. The maximum Gasteiger partial charge on any atom is 0.0647 e. The highest BCUT2D eigenvalue weighted by molar-refractivity contribution is 6.32. The van der Waals surface area contributed by atoms with E-state index in [0.717, 1.165) is 12.8 Å². The van der Waals surface area contributed by atoms with Gasteiger partial charge in [-0.05, 0) is 92.4 Å². The Hall–Kier alpha value is -6.38. The molecule has 0 unspecified atom stereocenters. The summed E-state index contributed by atoms with van der Waals surface area (Å²) < 4.78 is 5.11. The largest absolute Gasteiger partial charge is 0.309 e. The van der Waals surface area contributed by atoms with Gasteiger partial charge in [-0.1, -0.05) is 127 Å². The Bertz CT molecular complexity index is 3260. The van der Waals surface area contributed by atoms with Crippen LogP contribution in [0.4, 0.5) is 0 Å². The fraction of sp³-hybridized carbons (Fsp3) is 0.0417. The monoisotopic (exact) mass is 634 g/mol. The zero-order chi connectivity index (χ0) is 32.5. The number of fused-ring (bicyclic) bond motifs is 14. The van der Waals surface area contributed by atoms with Crippen LogP contribution in [0.25, 0.3) is 111 Å². The van der Waals surface area contributed by atoms with Crippen molar-refractivity contribution in [3.63, 3.8) is 0 Å². The molecule has 0 bridgehead atoms. The molecule has 2 aliphatic carbocycles. The lowest BCUT2D eigenvalue weighted by atomic mass is 9.99. The molecular weight excluding hydrogens is 605 g/mol. The number of hydrogen-bond donors (Lipinski definition) is 0. The molecule has 0 fully saturated rings. The second kappa shape index (κ2) is 9.62. The van der Waals surface area contributed by atoms with Crippen molar-refractivity contribution < 1.29 is 0 Å². The van der Waals surface area contributed by atoms with Crippen LogP contribution in [0.1, 0.15) is 12.8 Å². The summed E-state index contributed by atoms with van der Waals surface area (Å²) in [5.74, 6) is 0. The van der Waals surface area contributed by atoms with E-state index in [1.54, 1.807) is 0 Å². The van der Waals surface area contributed by atoms with Crippen LogP contribution in [-0.2, 0) is 0 Å². The number of nitrogens with zero attached hydrogens (tertiary/aromatic N) is 2. The SMILES string of the molecule is C1=c2c(n(-c3ccc4ccccc4c3)c3c2c2ccccc2c2c3c3ccccc3n2-c2ccc3c(c2)-c2cccc4cccc-3c24)=CCC1. The molecular formula is C48H30N2. The van der Waals surface area contributed by atoms with Gasteiger partial charge in [-0.15, -0.1) is 0 Å². The summed E-state index contributed by atoms with van der Waals surface area (Å²) in [5.41, 5.74) is 11.5. The van der Waals surface area contributed by atoms with E-state index in [0.29, 0.717) is 0 Å². The van der Waals surface area contributed by atoms with Gasteiger partial charge in [0.05, 0.1) is 16.6 Å². The summed E-state index contributed by atoms with van der Waals surface area (Å²) in [6.45, 7) is 0. The van der Waals surface area contributed by atoms with Gasteiger partial charge in [0.15, 0.2) is 0 Å². The van der Waals surface area contributed by atoms with E-state index >= 15 is 0 Å². The molecule has 12 rings (SSSR count). The first-order valence-corrected chi connectivity index (χ1v) is 17.7. The minimum absolute atomic E-state index is 1.05. The number of hydrogen-bond acceptors (Lipinski definition) is 0. The van der Waals surface area contributed by atoms with E-state index in [9.17, 15) is 0 Å². The summed E-state index contributed by atoms with van der Waals surface area (Å²) in [6, 6.07) is 54.3. The summed E-state index contributed by atoms with van der Waals surface area (Å²) in [6.07, 6.45) is 7.04. The third-order valence-electron chi connectivity index (χ3n) is 11.4. The molecule has 50 heavy (non-hydrogen) atoms. The summed E-state index contributed by atoms with van der Waals surface area (Å²) >= 11 is 0. The van der Waals surface area contributed by atoms with Crippen molar-refractivity contribution in [2.24, 2.45) is 0 Å². The van der Waals surface area contributed by atoms with E-state index in [1.807, 2.05) is 0 Å². The Balaban J connectivity index is 1.28. The molecule has 0 saturated carbocycles. The lowest BCUT2D eigenvalue weighted by molar-refractivity contribution is 1.03. The van der Waals surface area contributed by atoms with Crippen molar-refractivity contribution >= 4 is 77.2 Å². The molecule has 0 spiro atoms. The van der Waals surface area contributed by atoms with Gasteiger partial charge in [-0.25, -0.2) is 0 Å². The van der Waals surface area contributed by atoms with Gasteiger partial charge < -0.3 is 9.13 Å². The first kappa shape index (κ1) is 26.6. The van der Waals surface area contributed by atoms with Crippen LogP contribution in [0.5, 0.6) is 0 Å². The standard InChI is InChI=1S/C48H30N2/c1-2-12-31-27-32(24-23-29(31)11-1)50-42-21-7-5-17-39(42)45-36-15-3-4-16-38(36)47-46(48(45)50)40-18-6-8-22-43(40)49(47)33-25-26-34-35-19-9-13-30-14-10-20-37(44(30)35)41(34)28-33/h1-4,6,8-28H,5,7H2. The Morgan fingerprint density at radius 1 is 0.380 bits per heavy atom. The van der Waals surface area contributed by atoms with Gasteiger partial charge >= 0.3 is 0 Å². The molecule has 0 atom stereocenters. The van der Waals surface area contributed by atoms with Crippen molar-refractivity contribution in [2.45, 2.75) is 12.8 Å². The quantitative estimate of drug-likeness (QED) is 0.179. The Morgan fingerprint density at radius 3 is 1.94 bits per heavy atom. The van der Waals surface area contributed by atoms with Crippen molar-refractivity contribution in [1.82, 2.24) is 9.13 Å². The van der Waals surface area contributed by atoms with Crippen LogP contribution in [0.2, 0.25) is 0 Å². The van der Waals surface area contributed by atoms with Gasteiger partial charge in [0.1, 0.15) is 0 Å². The first-order chi connectivity index (χ1) is 24.8. The van der Waals surface area contributed by atoms with Crippen molar-refractivity contribution in [1.29, 1.82) is 0 Å². The average molecular weight is 635 g/mol. The lowest BCUT2D eigenvalue weighted by Crippen LogP contribution is -2.30. The third-order valence-corrected chi connectivity index (χ3v) is 11.4. The molecule has 2 heteroatoms. The molecule has 0 aliphatic heterocycles. The maximum atomic E-state index is 2.57. The average Bonchev–Trinajstić information content (AvgIpc) is 3.82. The highest BCUT2D eigenvalue weighted by Gasteiger charge is 2.26. The Morgan fingerprint density at radius 2 is 1.06 bits per heavy atom. The van der Waals surface area contributed by atoms with Gasteiger partial charge in [-0.3, -0.25) is 0 Å². The Kier molecular flexibility index (Phi) is 5.11. The number of rotatable bonds is 2. The van der Waals surface area contributed by atoms with E-state index < -0.39 is 0 Å². The van der Waals surface area contributed by atoms with Gasteiger partial charge in [0.2, 0.25) is 0 Å². The summed E-state index contributed by atoms with van der Waals surface area (Å²) in [4.78, 5) is 0. The molecule has 2 aliphatic rings. The molecule has 0 N–H and O–H groups in total. The van der Waals surface area contributed by atoms with Crippen LogP contribution in [-0.4, -0.2) is 9.13 Å². The highest BCUT2D eigenvalue weighted by atomic mass is 15.0. The van der Waals surface area contributed by atoms with Crippen molar-refractivity contribution in [2.75, 3.05) is 0 Å². The van der Waals surface area contributed by atoms with Crippen molar-refractivity contribution in [3.8, 4) is 33.6 Å². The van der Waals surface area contributed by atoms with Crippen LogP contribution < -0.4 is 10.6 Å². The summed E-state index contributed by atoms with van der Waals surface area (Å²) in [7, 11) is 0. The zero-order valence-corrected chi connectivity index (χ0v) is 27.3. The normalized spacial score (nSPS) is 13.4. The third kappa shape index (κ3) is 3.33. The number of aromatic nitrogens is 2. The number of para-hydroxylation sites is 1. The molecule has 0 radical (unpaired) electrons. The van der Waals surface area contributed by atoms with Crippen LogP contribution >= 0.6 is 0 Å². The second-order valence-corrected chi connectivity index (χ2v) is 13.9. The highest BCUT2D eigenvalue weighted by Crippen LogP contribution is 2.49. The number of benzene rings is 8. The zero-order valence-electron chi connectivity index (χ0n) is 27.3. The minimum Gasteiger partial charge on any atom is -0.309 e. The predicted octanol–water partition coefficient (Wildman–Crippen LogP) is 11.2. The van der Waals surface area contributed by atoms with Crippen LogP contribution in [0, 0.1) is 0 Å². The van der Waals surface area contributed by atoms with E-state index in [1.165, 1.54) is 109 Å². The van der Waals surface area contributed by atoms with Crippen molar-refractivity contribution in [3.05, 3.63) is 156 Å². The van der Waals surface area contributed by atoms with Crippen LogP contribution in [0.3, 0.4) is 0 Å². The first-order valence-electron chi connectivity index (χ1n) is 17.7. The maximum absolute atomic E-state index is 2.57. The van der Waals surface area contributed by atoms with E-state index in [-0.39, 0.29) is 0 Å². The minimum atomic E-state index is 1.05. The van der Waals surface area contributed by atoms with Gasteiger partial charge in [0.25, 0.3) is 0 Å². The lowest BCUT2D eigenvalue weighted by Gasteiger charge is -2.14. The second-order valence-electron chi connectivity index (χ2n) is 13.9. The fourth-order valence-electron chi connectivity index (χ4n) is 9.39. The Labute approximate surface area is 288 Å². The van der Waals surface area contributed by atoms with Gasteiger partial charge in [-0.2, -0.15) is 0 Å². The predicted molar refractivity (Wildman–Crippen MR) is 212 cm³/mol. The molecule has 2 heterocycles. The van der Waals surface area contributed by atoms with Crippen LogP contribution in [0.15, 0.2) is 146 Å². The molecule has 0 saturated heterocycles. The molecule has 8 aromatic carbocycles. The summed E-state index contributed by atoms with van der Waals surface area (Å²) in [5, 5.41) is 14.4. The molecule has 232 valence electrons. The van der Waals surface area contributed by atoms with E-state index in [4.69, 9.17) is 0 Å². The van der Waals surface area contributed by atoms with Gasteiger partial charge in [0, 0.05) is 43.5 Å². The topological polar surface area (TPSA) is 9.86 Å². The molecule has 10 aromatic rings. The fourth-order valence-corrected chi connectivity index (χ4v) is 9.39.